The Morgan fingerprint density at radius 1 is 0.489 bits per heavy atom. The van der Waals surface area contributed by atoms with Gasteiger partial charge in [-0.25, -0.2) is 4.98 Å². The lowest BCUT2D eigenvalue weighted by molar-refractivity contribution is 0.623. The molecular formula is C42H31N5. The van der Waals surface area contributed by atoms with Crippen LogP contribution < -0.4 is 11.1 Å². The van der Waals surface area contributed by atoms with Gasteiger partial charge in [0.15, 0.2) is 6.29 Å². The molecule has 5 nitrogen and oxygen atoms in total. The topological polar surface area (TPSA) is 60.8 Å². The van der Waals surface area contributed by atoms with Crippen molar-refractivity contribution in [2.24, 2.45) is 5.73 Å². The lowest BCUT2D eigenvalue weighted by atomic mass is 10.0. The fourth-order valence-electron chi connectivity index (χ4n) is 7.07. The molecule has 0 fully saturated rings. The quantitative estimate of drug-likeness (QED) is 0.185. The van der Waals surface area contributed by atoms with Gasteiger partial charge in [0.1, 0.15) is 5.82 Å². The molecule has 0 radical (unpaired) electrons. The summed E-state index contributed by atoms with van der Waals surface area (Å²) >= 11 is 0. The first-order valence-corrected chi connectivity index (χ1v) is 15.9. The molecule has 6 aromatic carbocycles. The van der Waals surface area contributed by atoms with Gasteiger partial charge in [0.05, 0.1) is 22.1 Å². The predicted octanol–water partition coefficient (Wildman–Crippen LogP) is 10.1. The number of pyridine rings is 1. The standard InChI is InChI=1S/C42H31N5/c43-42(45-41-32(18-11-25-44-41)28-12-3-1-4-13-28)47-38-20-10-8-17-34(38)36-27-30(22-24-40(36)47)29-21-23-39-35(26-29)33-16-7-9-19-37(33)46(39)31-14-5-2-6-15-31/h1-27,42H,43H2,(H,44,45). The van der Waals surface area contributed by atoms with E-state index in [-0.39, 0.29) is 0 Å². The molecule has 1 unspecified atom stereocenters. The van der Waals surface area contributed by atoms with Gasteiger partial charge in [0.2, 0.25) is 0 Å². The molecule has 0 bridgehead atoms. The third-order valence-electron chi connectivity index (χ3n) is 9.19. The Labute approximate surface area is 272 Å². The summed E-state index contributed by atoms with van der Waals surface area (Å²) in [5, 5.41) is 8.32. The Bertz CT molecular complexity index is 2560. The molecule has 0 saturated carbocycles. The van der Waals surface area contributed by atoms with Crippen molar-refractivity contribution >= 4 is 49.4 Å². The molecule has 224 valence electrons. The minimum atomic E-state index is -0.541. The van der Waals surface area contributed by atoms with Crippen LogP contribution in [0, 0.1) is 0 Å². The van der Waals surface area contributed by atoms with E-state index in [2.05, 4.69) is 153 Å². The van der Waals surface area contributed by atoms with Gasteiger partial charge >= 0.3 is 0 Å². The van der Waals surface area contributed by atoms with Crippen molar-refractivity contribution in [3.8, 4) is 27.9 Å². The van der Waals surface area contributed by atoms with Gasteiger partial charge in [-0.3, -0.25) is 5.73 Å². The van der Waals surface area contributed by atoms with Crippen LogP contribution in [0.25, 0.3) is 71.6 Å². The van der Waals surface area contributed by atoms with E-state index < -0.39 is 6.29 Å². The van der Waals surface area contributed by atoms with E-state index in [0.717, 1.165) is 50.0 Å². The highest BCUT2D eigenvalue weighted by Gasteiger charge is 2.19. The summed E-state index contributed by atoms with van der Waals surface area (Å²) < 4.78 is 4.53. The SMILES string of the molecule is NC(Nc1ncccc1-c1ccccc1)n1c2ccccc2c2cc(-c3ccc4c(c3)c3ccccc3n4-c3ccccc3)ccc21. The average Bonchev–Trinajstić information content (AvgIpc) is 3.65. The number of benzene rings is 6. The maximum atomic E-state index is 6.97. The van der Waals surface area contributed by atoms with Crippen molar-refractivity contribution in [1.29, 1.82) is 0 Å². The van der Waals surface area contributed by atoms with Crippen LogP contribution >= 0.6 is 0 Å². The first-order chi connectivity index (χ1) is 23.2. The van der Waals surface area contributed by atoms with Gasteiger partial charge in [-0.05, 0) is 77.4 Å². The maximum Gasteiger partial charge on any atom is 0.158 e. The summed E-state index contributed by atoms with van der Waals surface area (Å²) in [7, 11) is 0. The van der Waals surface area contributed by atoms with Crippen molar-refractivity contribution in [3.63, 3.8) is 0 Å². The summed E-state index contributed by atoms with van der Waals surface area (Å²) in [5.41, 5.74) is 17.1. The second-order valence-electron chi connectivity index (χ2n) is 11.9. The third kappa shape index (κ3) is 4.48. The number of para-hydroxylation sites is 3. The summed E-state index contributed by atoms with van der Waals surface area (Å²) in [6.45, 7) is 0. The van der Waals surface area contributed by atoms with Gasteiger partial charge in [0, 0.05) is 39.0 Å². The molecule has 1 atom stereocenters. The van der Waals surface area contributed by atoms with E-state index in [1.54, 1.807) is 6.20 Å². The van der Waals surface area contributed by atoms with Crippen LogP contribution in [-0.2, 0) is 0 Å². The molecule has 9 aromatic rings. The highest BCUT2D eigenvalue weighted by molar-refractivity contribution is 6.12. The fourth-order valence-corrected chi connectivity index (χ4v) is 7.07. The summed E-state index contributed by atoms with van der Waals surface area (Å²) in [5.74, 6) is 0.747. The summed E-state index contributed by atoms with van der Waals surface area (Å²) in [4.78, 5) is 4.68. The number of nitrogens with zero attached hydrogens (tertiary/aromatic N) is 3. The van der Waals surface area contributed by atoms with Crippen molar-refractivity contribution in [2.45, 2.75) is 6.29 Å². The Hall–Kier alpha value is -6.17. The van der Waals surface area contributed by atoms with Crippen LogP contribution in [-0.4, -0.2) is 14.1 Å². The first-order valence-electron chi connectivity index (χ1n) is 15.9. The lowest BCUT2D eigenvalue weighted by Crippen LogP contribution is -2.27. The largest absolute Gasteiger partial charge is 0.337 e. The van der Waals surface area contributed by atoms with E-state index in [4.69, 9.17) is 5.73 Å². The number of anilines is 1. The van der Waals surface area contributed by atoms with Crippen LogP contribution in [0.3, 0.4) is 0 Å². The van der Waals surface area contributed by atoms with Crippen LogP contribution in [0.1, 0.15) is 6.29 Å². The zero-order valence-electron chi connectivity index (χ0n) is 25.6. The number of hydrogen-bond acceptors (Lipinski definition) is 3. The molecular weight excluding hydrogens is 574 g/mol. The minimum Gasteiger partial charge on any atom is -0.337 e. The molecule has 0 aliphatic carbocycles. The monoisotopic (exact) mass is 605 g/mol. The highest BCUT2D eigenvalue weighted by Crippen LogP contribution is 2.38. The number of hydrogen-bond donors (Lipinski definition) is 2. The average molecular weight is 606 g/mol. The number of rotatable bonds is 6. The molecule has 0 aliphatic rings. The zero-order chi connectivity index (χ0) is 31.3. The van der Waals surface area contributed by atoms with E-state index in [9.17, 15) is 0 Å². The lowest BCUT2D eigenvalue weighted by Gasteiger charge is -2.21. The van der Waals surface area contributed by atoms with Crippen molar-refractivity contribution in [2.75, 3.05) is 5.32 Å². The van der Waals surface area contributed by atoms with Crippen molar-refractivity contribution in [1.82, 2.24) is 14.1 Å². The molecule has 0 spiro atoms. The first kappa shape index (κ1) is 27.2. The molecule has 3 N–H and O–H groups in total. The van der Waals surface area contributed by atoms with Crippen molar-refractivity contribution in [3.05, 3.63) is 164 Å². The predicted molar refractivity (Wildman–Crippen MR) is 196 cm³/mol. The second kappa shape index (κ2) is 11.0. The second-order valence-corrected chi connectivity index (χ2v) is 11.9. The molecule has 47 heavy (non-hydrogen) atoms. The molecule has 0 saturated heterocycles. The molecule has 3 heterocycles. The van der Waals surface area contributed by atoms with Crippen molar-refractivity contribution < 1.29 is 0 Å². The number of fused-ring (bicyclic) bond motifs is 6. The zero-order valence-corrected chi connectivity index (χ0v) is 25.6. The van der Waals surface area contributed by atoms with E-state index in [0.29, 0.717) is 0 Å². The summed E-state index contributed by atoms with van der Waals surface area (Å²) in [6.07, 6.45) is 1.26. The van der Waals surface area contributed by atoms with E-state index in [1.165, 1.54) is 27.4 Å². The van der Waals surface area contributed by atoms with Gasteiger partial charge in [-0.2, -0.15) is 0 Å². The maximum absolute atomic E-state index is 6.97. The van der Waals surface area contributed by atoms with Crippen LogP contribution in [0.4, 0.5) is 5.82 Å². The van der Waals surface area contributed by atoms with Gasteiger partial charge in [0.25, 0.3) is 0 Å². The Kier molecular flexibility index (Phi) is 6.37. The molecule has 0 aliphatic heterocycles. The molecule has 9 rings (SSSR count). The molecule has 3 aromatic heterocycles. The summed E-state index contributed by atoms with van der Waals surface area (Å²) in [6, 6.07) is 55.5. The number of nitrogens with one attached hydrogen (secondary N) is 1. The Balaban J connectivity index is 1.16. The fraction of sp³-hybridized carbons (Fsp3) is 0.0238. The van der Waals surface area contributed by atoms with Crippen LogP contribution in [0.2, 0.25) is 0 Å². The van der Waals surface area contributed by atoms with Gasteiger partial charge in [-0.1, -0.05) is 97.1 Å². The van der Waals surface area contributed by atoms with E-state index in [1.807, 2.05) is 24.3 Å². The molecule has 5 heteroatoms. The highest BCUT2D eigenvalue weighted by atomic mass is 15.3. The Morgan fingerprint density at radius 2 is 1.04 bits per heavy atom. The van der Waals surface area contributed by atoms with Crippen LogP contribution in [0.5, 0.6) is 0 Å². The number of nitrogens with two attached hydrogens (primary N) is 1. The van der Waals surface area contributed by atoms with Gasteiger partial charge < -0.3 is 14.5 Å². The number of aromatic nitrogens is 3. The minimum absolute atomic E-state index is 0.541. The Morgan fingerprint density at radius 3 is 1.79 bits per heavy atom. The van der Waals surface area contributed by atoms with Gasteiger partial charge in [-0.15, -0.1) is 0 Å². The van der Waals surface area contributed by atoms with E-state index >= 15 is 0 Å². The smallest absolute Gasteiger partial charge is 0.158 e. The normalized spacial score (nSPS) is 12.3. The molecule has 0 amide bonds. The third-order valence-corrected chi connectivity index (χ3v) is 9.19. The van der Waals surface area contributed by atoms with Crippen LogP contribution in [0.15, 0.2) is 164 Å².